The Morgan fingerprint density at radius 3 is 2.04 bits per heavy atom. The molecular weight excluding hydrogens is 350 g/mol. The van der Waals surface area contributed by atoms with Crippen LogP contribution in [0.25, 0.3) is 16.9 Å². The molecule has 0 spiro atoms. The molecular formula is C23H19N3S. The third-order valence-corrected chi connectivity index (χ3v) is 5.09. The Bertz CT molecular complexity index is 1110. The summed E-state index contributed by atoms with van der Waals surface area (Å²) in [6.45, 7) is 1.98. The fraction of sp³-hybridized carbons (Fsp3) is 0.0435. The van der Waals surface area contributed by atoms with Gasteiger partial charge in [0.2, 0.25) is 4.80 Å². The molecule has 0 saturated heterocycles. The average molecular weight is 369 g/mol. The number of hydrogen-bond acceptors (Lipinski definition) is 3. The zero-order valence-electron chi connectivity index (χ0n) is 15.0. The molecule has 27 heavy (non-hydrogen) atoms. The number of thiazole rings is 1. The molecule has 0 radical (unpaired) electrons. The monoisotopic (exact) mass is 369 g/mol. The molecule has 0 bridgehead atoms. The summed E-state index contributed by atoms with van der Waals surface area (Å²) in [6.07, 6.45) is 0. The van der Waals surface area contributed by atoms with Gasteiger partial charge < -0.3 is 0 Å². The highest BCUT2D eigenvalue weighted by Gasteiger charge is 2.09. The van der Waals surface area contributed by atoms with Gasteiger partial charge in [-0.3, -0.25) is 4.57 Å². The van der Waals surface area contributed by atoms with Gasteiger partial charge >= 0.3 is 0 Å². The Labute approximate surface area is 162 Å². The highest BCUT2D eigenvalue weighted by molar-refractivity contribution is 7.07. The summed E-state index contributed by atoms with van der Waals surface area (Å²) in [5.41, 5.74) is 5.31. The molecule has 0 atom stereocenters. The van der Waals surface area contributed by atoms with Gasteiger partial charge in [-0.25, -0.2) is 0 Å². The van der Waals surface area contributed by atoms with Crippen LogP contribution in [0.15, 0.2) is 107 Å². The van der Waals surface area contributed by atoms with Crippen molar-refractivity contribution in [3.8, 4) is 16.9 Å². The van der Waals surface area contributed by atoms with Crippen molar-refractivity contribution in [1.82, 2.24) is 4.57 Å². The van der Waals surface area contributed by atoms with Crippen molar-refractivity contribution in [3.63, 3.8) is 0 Å². The van der Waals surface area contributed by atoms with Crippen LogP contribution in [-0.4, -0.2) is 10.3 Å². The van der Waals surface area contributed by atoms with Crippen molar-refractivity contribution < 1.29 is 0 Å². The van der Waals surface area contributed by atoms with Crippen molar-refractivity contribution in [1.29, 1.82) is 0 Å². The summed E-state index contributed by atoms with van der Waals surface area (Å²) in [5.74, 6) is 0. The maximum Gasteiger partial charge on any atom is 0.215 e. The molecule has 4 aromatic rings. The van der Waals surface area contributed by atoms with Gasteiger partial charge in [0.1, 0.15) is 0 Å². The highest BCUT2D eigenvalue weighted by Crippen LogP contribution is 2.23. The minimum atomic E-state index is 0.843. The molecule has 0 N–H and O–H groups in total. The van der Waals surface area contributed by atoms with E-state index >= 15 is 0 Å². The second-order valence-electron chi connectivity index (χ2n) is 6.09. The number of aromatic nitrogens is 1. The first kappa shape index (κ1) is 17.2. The lowest BCUT2D eigenvalue weighted by Crippen LogP contribution is -2.13. The Kier molecular flexibility index (Phi) is 5.08. The molecule has 1 aromatic heterocycles. The first-order valence-electron chi connectivity index (χ1n) is 8.78. The smallest absolute Gasteiger partial charge is 0.215 e. The molecule has 132 valence electrons. The number of nitrogens with zero attached hydrogens (tertiary/aromatic N) is 3. The van der Waals surface area contributed by atoms with E-state index in [1.165, 1.54) is 0 Å². The zero-order valence-corrected chi connectivity index (χ0v) is 15.8. The standard InChI is InChI=1S/C23H19N3S/c1-18(19-11-5-2-6-12-19)24-25-23-26(21-15-9-4-10-16-21)22(17-27-23)20-13-7-3-8-14-20/h2-17H,1H3/b24-18-,25-23-. The van der Waals surface area contributed by atoms with E-state index in [0.717, 1.165) is 33.0 Å². The van der Waals surface area contributed by atoms with E-state index in [0.29, 0.717) is 0 Å². The Balaban J connectivity index is 1.85. The van der Waals surface area contributed by atoms with Crippen LogP contribution in [0.1, 0.15) is 12.5 Å². The molecule has 3 nitrogen and oxygen atoms in total. The van der Waals surface area contributed by atoms with Gasteiger partial charge in [0, 0.05) is 11.1 Å². The summed E-state index contributed by atoms with van der Waals surface area (Å²) in [7, 11) is 0. The van der Waals surface area contributed by atoms with Crippen LogP contribution in [0, 0.1) is 0 Å². The average Bonchev–Trinajstić information content (AvgIpc) is 3.18. The summed E-state index contributed by atoms with van der Waals surface area (Å²) in [6, 6.07) is 30.8. The van der Waals surface area contributed by atoms with E-state index in [2.05, 4.69) is 56.5 Å². The van der Waals surface area contributed by atoms with Crippen LogP contribution in [0.3, 0.4) is 0 Å². The van der Waals surface area contributed by atoms with Gasteiger partial charge in [-0.05, 0) is 30.2 Å². The summed E-state index contributed by atoms with van der Waals surface area (Å²) in [4.78, 5) is 0.843. The minimum absolute atomic E-state index is 0.843. The van der Waals surface area contributed by atoms with E-state index in [4.69, 9.17) is 0 Å². The zero-order chi connectivity index (χ0) is 18.5. The van der Waals surface area contributed by atoms with Gasteiger partial charge in [-0.1, -0.05) is 78.9 Å². The molecule has 0 fully saturated rings. The topological polar surface area (TPSA) is 29.6 Å². The third kappa shape index (κ3) is 3.81. The van der Waals surface area contributed by atoms with Crippen LogP contribution < -0.4 is 4.80 Å². The Hall–Kier alpha value is -3.24. The number of para-hydroxylation sites is 1. The van der Waals surface area contributed by atoms with E-state index < -0.39 is 0 Å². The third-order valence-electron chi connectivity index (χ3n) is 4.27. The van der Waals surface area contributed by atoms with E-state index in [9.17, 15) is 0 Å². The SMILES string of the molecule is C/C(=N/N=c1\scc(-c2ccccc2)n1-c1ccccc1)c1ccccc1. The Morgan fingerprint density at radius 2 is 1.37 bits per heavy atom. The molecule has 0 aliphatic carbocycles. The van der Waals surface area contributed by atoms with Crippen LogP contribution in [-0.2, 0) is 0 Å². The number of rotatable bonds is 4. The molecule has 1 heterocycles. The first-order chi connectivity index (χ1) is 13.3. The molecule has 4 heteroatoms. The number of hydrogen-bond donors (Lipinski definition) is 0. The molecule has 0 aliphatic rings. The number of benzene rings is 3. The second kappa shape index (κ2) is 7.98. The molecule has 0 unspecified atom stereocenters. The highest BCUT2D eigenvalue weighted by atomic mass is 32.1. The van der Waals surface area contributed by atoms with Gasteiger partial charge in [0.25, 0.3) is 0 Å². The molecule has 0 amide bonds. The van der Waals surface area contributed by atoms with Gasteiger partial charge in [-0.15, -0.1) is 16.4 Å². The van der Waals surface area contributed by atoms with Crippen molar-refractivity contribution >= 4 is 17.0 Å². The summed E-state index contributed by atoms with van der Waals surface area (Å²) >= 11 is 1.59. The maximum atomic E-state index is 4.57. The van der Waals surface area contributed by atoms with Crippen molar-refractivity contribution in [2.24, 2.45) is 10.2 Å². The van der Waals surface area contributed by atoms with Crippen LogP contribution in [0.5, 0.6) is 0 Å². The lowest BCUT2D eigenvalue weighted by atomic mass is 10.1. The molecule has 0 aliphatic heterocycles. The fourth-order valence-electron chi connectivity index (χ4n) is 2.87. The van der Waals surface area contributed by atoms with Crippen molar-refractivity contribution in [3.05, 3.63) is 107 Å². The second-order valence-corrected chi connectivity index (χ2v) is 6.93. The summed E-state index contributed by atoms with van der Waals surface area (Å²) < 4.78 is 2.15. The lowest BCUT2D eigenvalue weighted by Gasteiger charge is -2.08. The quantitative estimate of drug-likeness (QED) is 0.334. The van der Waals surface area contributed by atoms with Gasteiger partial charge in [0.05, 0.1) is 11.4 Å². The minimum Gasteiger partial charge on any atom is -0.284 e. The normalized spacial score (nSPS) is 12.3. The van der Waals surface area contributed by atoms with E-state index in [1.807, 2.05) is 61.5 Å². The van der Waals surface area contributed by atoms with Crippen molar-refractivity contribution in [2.75, 3.05) is 0 Å². The molecule has 0 saturated carbocycles. The molecule has 3 aromatic carbocycles. The predicted molar refractivity (Wildman–Crippen MR) is 113 cm³/mol. The largest absolute Gasteiger partial charge is 0.284 e. The maximum absolute atomic E-state index is 4.57. The van der Waals surface area contributed by atoms with E-state index in [1.54, 1.807) is 11.3 Å². The van der Waals surface area contributed by atoms with Crippen LogP contribution in [0.4, 0.5) is 0 Å². The van der Waals surface area contributed by atoms with E-state index in [-0.39, 0.29) is 0 Å². The van der Waals surface area contributed by atoms with Crippen LogP contribution >= 0.6 is 11.3 Å². The first-order valence-corrected chi connectivity index (χ1v) is 9.66. The molecule has 4 rings (SSSR count). The van der Waals surface area contributed by atoms with Gasteiger partial charge in [0.15, 0.2) is 0 Å². The van der Waals surface area contributed by atoms with Crippen LogP contribution in [0.2, 0.25) is 0 Å². The van der Waals surface area contributed by atoms with Crippen molar-refractivity contribution in [2.45, 2.75) is 6.92 Å². The van der Waals surface area contributed by atoms with Gasteiger partial charge in [-0.2, -0.15) is 5.10 Å². The summed E-state index contributed by atoms with van der Waals surface area (Å²) in [5, 5.41) is 11.2. The fourth-order valence-corrected chi connectivity index (χ4v) is 3.73. The predicted octanol–water partition coefficient (Wildman–Crippen LogP) is 5.53. The lowest BCUT2D eigenvalue weighted by molar-refractivity contribution is 0.970. The Morgan fingerprint density at radius 1 is 0.778 bits per heavy atom.